The van der Waals surface area contributed by atoms with Crippen LogP contribution in [0.5, 0.6) is 5.75 Å². The molecule has 8 heteroatoms. The molecule has 2 aromatic carbocycles. The van der Waals surface area contributed by atoms with Crippen molar-refractivity contribution in [3.05, 3.63) is 63.1 Å². The summed E-state index contributed by atoms with van der Waals surface area (Å²) in [5.41, 5.74) is 0.572. The Morgan fingerprint density at radius 2 is 1.75 bits per heavy atom. The van der Waals surface area contributed by atoms with E-state index in [1.54, 1.807) is 47.4 Å². The molecule has 5 nitrogen and oxygen atoms in total. The molecule has 0 bridgehead atoms. The van der Waals surface area contributed by atoms with Gasteiger partial charge in [0.15, 0.2) is 6.61 Å². The van der Waals surface area contributed by atoms with E-state index in [4.69, 9.17) is 39.5 Å². The number of benzene rings is 2. The standard InChI is InChI=1S/C20H19Cl3N2O3/c21-14-3-1-2-13(10-14)20(27)25-8-6-16(7-9-25)24-19(26)12-28-18-5-4-15(22)11-17(18)23/h1-5,10-11,16H,6-9,12H2,(H,24,26). The van der Waals surface area contributed by atoms with Crippen LogP contribution in [-0.2, 0) is 4.79 Å². The van der Waals surface area contributed by atoms with Crippen molar-refractivity contribution in [2.24, 2.45) is 0 Å². The highest BCUT2D eigenvalue weighted by atomic mass is 35.5. The Labute approximate surface area is 178 Å². The van der Waals surface area contributed by atoms with Crippen molar-refractivity contribution in [1.29, 1.82) is 0 Å². The number of hydrogen-bond donors (Lipinski definition) is 1. The lowest BCUT2D eigenvalue weighted by Crippen LogP contribution is -2.47. The molecule has 0 aliphatic carbocycles. The minimum absolute atomic E-state index is 0.000186. The van der Waals surface area contributed by atoms with Gasteiger partial charge in [-0.1, -0.05) is 40.9 Å². The van der Waals surface area contributed by atoms with Crippen molar-refractivity contribution >= 4 is 46.6 Å². The molecule has 28 heavy (non-hydrogen) atoms. The van der Waals surface area contributed by atoms with Crippen molar-refractivity contribution in [1.82, 2.24) is 10.2 Å². The Kier molecular flexibility index (Phi) is 7.05. The van der Waals surface area contributed by atoms with Crippen LogP contribution >= 0.6 is 34.8 Å². The fraction of sp³-hybridized carbons (Fsp3) is 0.300. The van der Waals surface area contributed by atoms with Gasteiger partial charge in [-0.15, -0.1) is 0 Å². The van der Waals surface area contributed by atoms with Crippen LogP contribution in [0.25, 0.3) is 0 Å². The van der Waals surface area contributed by atoms with Crippen LogP contribution in [0.4, 0.5) is 0 Å². The summed E-state index contributed by atoms with van der Waals surface area (Å²) in [5.74, 6) is 0.127. The molecule has 148 valence electrons. The molecular formula is C20H19Cl3N2O3. The Bertz CT molecular complexity index is 868. The van der Waals surface area contributed by atoms with Crippen LogP contribution < -0.4 is 10.1 Å². The van der Waals surface area contributed by atoms with Gasteiger partial charge in [-0.2, -0.15) is 0 Å². The van der Waals surface area contributed by atoms with E-state index in [0.29, 0.717) is 52.3 Å². The van der Waals surface area contributed by atoms with Crippen LogP contribution in [0, 0.1) is 0 Å². The van der Waals surface area contributed by atoms with Crippen LogP contribution in [0.1, 0.15) is 23.2 Å². The topological polar surface area (TPSA) is 58.6 Å². The molecule has 2 aromatic rings. The Balaban J connectivity index is 1.44. The summed E-state index contributed by atoms with van der Waals surface area (Å²) in [6.45, 7) is 1.00. The van der Waals surface area contributed by atoms with E-state index < -0.39 is 0 Å². The minimum Gasteiger partial charge on any atom is -0.482 e. The SMILES string of the molecule is O=C(COc1ccc(Cl)cc1Cl)NC1CCN(C(=O)c2cccc(Cl)c2)CC1. The second-order valence-corrected chi connectivity index (χ2v) is 7.79. The fourth-order valence-electron chi connectivity index (χ4n) is 3.04. The van der Waals surface area contributed by atoms with Gasteiger partial charge in [0.2, 0.25) is 0 Å². The molecular weight excluding hydrogens is 423 g/mol. The van der Waals surface area contributed by atoms with Crippen molar-refractivity contribution in [2.75, 3.05) is 19.7 Å². The van der Waals surface area contributed by atoms with E-state index in [-0.39, 0.29) is 24.5 Å². The van der Waals surface area contributed by atoms with E-state index in [1.165, 1.54) is 0 Å². The number of carbonyl (C=O) groups is 2. The predicted octanol–water partition coefficient (Wildman–Crippen LogP) is 4.45. The Hall–Kier alpha value is -1.95. The van der Waals surface area contributed by atoms with Crippen molar-refractivity contribution in [2.45, 2.75) is 18.9 Å². The number of piperidine rings is 1. The molecule has 2 amide bonds. The molecule has 1 aliphatic heterocycles. The van der Waals surface area contributed by atoms with Gasteiger partial charge < -0.3 is 15.0 Å². The second-order valence-electron chi connectivity index (χ2n) is 6.51. The fourth-order valence-corrected chi connectivity index (χ4v) is 3.69. The van der Waals surface area contributed by atoms with E-state index in [2.05, 4.69) is 5.32 Å². The zero-order chi connectivity index (χ0) is 20.1. The minimum atomic E-state index is -0.231. The third kappa shape index (κ3) is 5.53. The number of nitrogens with one attached hydrogen (secondary N) is 1. The van der Waals surface area contributed by atoms with Crippen molar-refractivity contribution < 1.29 is 14.3 Å². The summed E-state index contributed by atoms with van der Waals surface area (Å²) < 4.78 is 5.44. The summed E-state index contributed by atoms with van der Waals surface area (Å²) >= 11 is 17.8. The van der Waals surface area contributed by atoms with Crippen molar-refractivity contribution in [3.8, 4) is 5.75 Å². The summed E-state index contributed by atoms with van der Waals surface area (Å²) in [6, 6.07) is 11.7. The van der Waals surface area contributed by atoms with Crippen LogP contribution in [0.2, 0.25) is 15.1 Å². The second kappa shape index (κ2) is 9.50. The first kappa shape index (κ1) is 20.8. The molecule has 1 fully saturated rings. The zero-order valence-electron chi connectivity index (χ0n) is 15.0. The monoisotopic (exact) mass is 440 g/mol. The number of amides is 2. The quantitative estimate of drug-likeness (QED) is 0.746. The highest BCUT2D eigenvalue weighted by Crippen LogP contribution is 2.27. The molecule has 1 N–H and O–H groups in total. The van der Waals surface area contributed by atoms with E-state index >= 15 is 0 Å². The third-order valence-electron chi connectivity index (χ3n) is 4.47. The van der Waals surface area contributed by atoms with Gasteiger partial charge in [0.05, 0.1) is 5.02 Å². The van der Waals surface area contributed by atoms with Crippen LogP contribution in [-0.4, -0.2) is 42.5 Å². The molecule has 0 saturated carbocycles. The van der Waals surface area contributed by atoms with E-state index in [0.717, 1.165) is 0 Å². The molecule has 1 heterocycles. The smallest absolute Gasteiger partial charge is 0.258 e. The van der Waals surface area contributed by atoms with Crippen LogP contribution in [0.15, 0.2) is 42.5 Å². The number of nitrogens with zero attached hydrogens (tertiary/aromatic N) is 1. The molecule has 0 unspecified atom stereocenters. The molecule has 0 radical (unpaired) electrons. The lowest BCUT2D eigenvalue weighted by atomic mass is 10.0. The summed E-state index contributed by atoms with van der Waals surface area (Å²) in [5, 5.41) is 4.33. The predicted molar refractivity (Wildman–Crippen MR) is 110 cm³/mol. The maximum Gasteiger partial charge on any atom is 0.258 e. The van der Waals surface area contributed by atoms with Gasteiger partial charge in [0.25, 0.3) is 11.8 Å². The highest BCUT2D eigenvalue weighted by Gasteiger charge is 2.24. The number of carbonyl (C=O) groups excluding carboxylic acids is 2. The first-order valence-electron chi connectivity index (χ1n) is 8.84. The molecule has 1 saturated heterocycles. The normalized spacial score (nSPS) is 14.6. The van der Waals surface area contributed by atoms with Gasteiger partial charge in [0, 0.05) is 34.7 Å². The summed E-state index contributed by atoms with van der Waals surface area (Å²) in [6.07, 6.45) is 1.36. The molecule has 0 atom stereocenters. The average molecular weight is 442 g/mol. The Morgan fingerprint density at radius 3 is 2.43 bits per heavy atom. The van der Waals surface area contributed by atoms with Crippen LogP contribution in [0.3, 0.4) is 0 Å². The first-order chi connectivity index (χ1) is 13.4. The highest BCUT2D eigenvalue weighted by molar-refractivity contribution is 6.35. The van der Waals surface area contributed by atoms with Crippen molar-refractivity contribution in [3.63, 3.8) is 0 Å². The third-order valence-corrected chi connectivity index (χ3v) is 5.24. The lowest BCUT2D eigenvalue weighted by Gasteiger charge is -2.32. The maximum absolute atomic E-state index is 12.5. The van der Waals surface area contributed by atoms with Gasteiger partial charge in [-0.05, 0) is 49.2 Å². The molecule has 3 rings (SSSR count). The van der Waals surface area contributed by atoms with E-state index in [1.807, 2.05) is 0 Å². The molecule has 1 aliphatic rings. The van der Waals surface area contributed by atoms with Gasteiger partial charge in [0.1, 0.15) is 5.75 Å². The summed E-state index contributed by atoms with van der Waals surface area (Å²) in [4.78, 5) is 26.4. The number of hydrogen-bond acceptors (Lipinski definition) is 3. The number of likely N-dealkylation sites (tertiary alicyclic amines) is 1. The van der Waals surface area contributed by atoms with Gasteiger partial charge >= 0.3 is 0 Å². The first-order valence-corrected chi connectivity index (χ1v) is 9.98. The summed E-state index contributed by atoms with van der Waals surface area (Å²) in [7, 11) is 0. The molecule has 0 spiro atoms. The largest absolute Gasteiger partial charge is 0.482 e. The maximum atomic E-state index is 12.5. The zero-order valence-corrected chi connectivity index (χ0v) is 17.2. The number of halogens is 3. The van der Waals surface area contributed by atoms with Gasteiger partial charge in [-0.25, -0.2) is 0 Å². The Morgan fingerprint density at radius 1 is 1.04 bits per heavy atom. The average Bonchev–Trinajstić information content (AvgIpc) is 2.67. The lowest BCUT2D eigenvalue weighted by molar-refractivity contribution is -0.124. The van der Waals surface area contributed by atoms with E-state index in [9.17, 15) is 9.59 Å². The number of ether oxygens (including phenoxy) is 1. The molecule has 0 aromatic heterocycles. The number of rotatable bonds is 5. The van der Waals surface area contributed by atoms with Gasteiger partial charge in [-0.3, -0.25) is 9.59 Å².